The van der Waals surface area contributed by atoms with Crippen LogP contribution >= 0.6 is 0 Å². The van der Waals surface area contributed by atoms with E-state index in [9.17, 15) is 0 Å². The summed E-state index contributed by atoms with van der Waals surface area (Å²) in [5.74, 6) is 1.29. The molecule has 1 aliphatic carbocycles. The number of rotatable bonds is 7. The molecule has 0 aliphatic heterocycles. The number of unbranched alkanes of at least 4 members (excludes halogenated alkanes) is 1. The van der Waals surface area contributed by atoms with E-state index in [0.29, 0.717) is 18.9 Å². The molecule has 112 valence electrons. The summed E-state index contributed by atoms with van der Waals surface area (Å²) in [6.45, 7) is 2.65. The second-order valence-corrected chi connectivity index (χ2v) is 5.50. The fourth-order valence-electron chi connectivity index (χ4n) is 3.13. The SMILES string of the molecule is CCOc1cccc2c1C(CCCCC(O)O)C(N)C2. The lowest BCUT2D eigenvalue weighted by Crippen LogP contribution is -2.25. The number of nitrogens with two attached hydrogens (primary N) is 1. The summed E-state index contributed by atoms with van der Waals surface area (Å²) in [6, 6.07) is 6.33. The summed E-state index contributed by atoms with van der Waals surface area (Å²) < 4.78 is 5.74. The molecular formula is C16H25NO3. The van der Waals surface area contributed by atoms with Gasteiger partial charge in [-0.05, 0) is 44.2 Å². The van der Waals surface area contributed by atoms with E-state index in [1.54, 1.807) is 0 Å². The molecule has 0 saturated heterocycles. The molecule has 1 aromatic carbocycles. The van der Waals surface area contributed by atoms with Gasteiger partial charge in [0.1, 0.15) is 5.75 Å². The van der Waals surface area contributed by atoms with Gasteiger partial charge in [0.15, 0.2) is 6.29 Å². The molecule has 0 radical (unpaired) electrons. The van der Waals surface area contributed by atoms with Gasteiger partial charge in [-0.1, -0.05) is 18.6 Å². The van der Waals surface area contributed by atoms with Gasteiger partial charge in [0.05, 0.1) is 6.61 Å². The van der Waals surface area contributed by atoms with Crippen molar-refractivity contribution in [2.45, 2.75) is 57.3 Å². The smallest absolute Gasteiger partial charge is 0.151 e. The number of fused-ring (bicyclic) bond motifs is 1. The third-order valence-corrected chi connectivity index (χ3v) is 4.03. The Morgan fingerprint density at radius 3 is 2.85 bits per heavy atom. The maximum absolute atomic E-state index is 8.88. The molecule has 0 bridgehead atoms. The van der Waals surface area contributed by atoms with Gasteiger partial charge < -0.3 is 20.7 Å². The van der Waals surface area contributed by atoms with Crippen molar-refractivity contribution in [2.24, 2.45) is 5.73 Å². The Balaban J connectivity index is 2.04. The Morgan fingerprint density at radius 2 is 2.15 bits per heavy atom. The zero-order chi connectivity index (χ0) is 14.5. The summed E-state index contributed by atoms with van der Waals surface area (Å²) >= 11 is 0. The monoisotopic (exact) mass is 279 g/mol. The van der Waals surface area contributed by atoms with Gasteiger partial charge >= 0.3 is 0 Å². The van der Waals surface area contributed by atoms with Gasteiger partial charge in [-0.3, -0.25) is 0 Å². The molecule has 0 heterocycles. The molecule has 20 heavy (non-hydrogen) atoms. The molecule has 4 nitrogen and oxygen atoms in total. The van der Waals surface area contributed by atoms with Crippen molar-refractivity contribution in [2.75, 3.05) is 6.61 Å². The number of hydrogen-bond donors (Lipinski definition) is 3. The normalized spacial score (nSPS) is 21.2. The molecule has 2 rings (SSSR count). The van der Waals surface area contributed by atoms with Crippen LogP contribution in [0.4, 0.5) is 0 Å². The minimum Gasteiger partial charge on any atom is -0.494 e. The van der Waals surface area contributed by atoms with E-state index in [4.69, 9.17) is 20.7 Å². The predicted octanol–water partition coefficient (Wildman–Crippen LogP) is 1.92. The van der Waals surface area contributed by atoms with Crippen LogP contribution < -0.4 is 10.5 Å². The Kier molecular flexibility index (Phi) is 5.40. The highest BCUT2D eigenvalue weighted by molar-refractivity contribution is 5.47. The second kappa shape index (κ2) is 7.07. The molecule has 0 aromatic heterocycles. The van der Waals surface area contributed by atoms with Crippen molar-refractivity contribution in [3.8, 4) is 5.75 Å². The van der Waals surface area contributed by atoms with Gasteiger partial charge in [-0.15, -0.1) is 0 Å². The fraction of sp³-hybridized carbons (Fsp3) is 0.625. The van der Waals surface area contributed by atoms with E-state index in [1.807, 2.05) is 19.1 Å². The Hall–Kier alpha value is -1.10. The first kappa shape index (κ1) is 15.3. The maximum atomic E-state index is 8.88. The lowest BCUT2D eigenvalue weighted by molar-refractivity contribution is -0.0466. The summed E-state index contributed by atoms with van der Waals surface area (Å²) in [4.78, 5) is 0. The summed E-state index contributed by atoms with van der Waals surface area (Å²) in [6.07, 6.45) is 2.89. The molecule has 4 N–H and O–H groups in total. The minimum absolute atomic E-state index is 0.144. The van der Waals surface area contributed by atoms with Gasteiger partial charge in [0.25, 0.3) is 0 Å². The van der Waals surface area contributed by atoms with Crippen molar-refractivity contribution >= 4 is 0 Å². The molecule has 2 atom stereocenters. The average molecular weight is 279 g/mol. The van der Waals surface area contributed by atoms with Gasteiger partial charge in [-0.2, -0.15) is 0 Å². The van der Waals surface area contributed by atoms with Crippen LogP contribution in [0.2, 0.25) is 0 Å². The molecule has 2 unspecified atom stereocenters. The molecular weight excluding hydrogens is 254 g/mol. The molecule has 4 heteroatoms. The quantitative estimate of drug-likeness (QED) is 0.526. The van der Waals surface area contributed by atoms with E-state index in [0.717, 1.165) is 31.4 Å². The Labute approximate surface area is 120 Å². The lowest BCUT2D eigenvalue weighted by Gasteiger charge is -2.19. The van der Waals surface area contributed by atoms with Crippen molar-refractivity contribution in [1.82, 2.24) is 0 Å². The highest BCUT2D eigenvalue weighted by Gasteiger charge is 2.32. The van der Waals surface area contributed by atoms with Gasteiger partial charge in [0.2, 0.25) is 0 Å². The molecule has 0 amide bonds. The Morgan fingerprint density at radius 1 is 1.35 bits per heavy atom. The van der Waals surface area contributed by atoms with Crippen LogP contribution in [-0.4, -0.2) is 29.2 Å². The van der Waals surface area contributed by atoms with E-state index in [-0.39, 0.29) is 6.04 Å². The van der Waals surface area contributed by atoms with Crippen LogP contribution in [0.25, 0.3) is 0 Å². The van der Waals surface area contributed by atoms with Crippen LogP contribution in [0.5, 0.6) is 5.75 Å². The lowest BCUT2D eigenvalue weighted by atomic mass is 9.92. The van der Waals surface area contributed by atoms with Crippen LogP contribution in [0.1, 0.15) is 49.7 Å². The summed E-state index contributed by atoms with van der Waals surface area (Å²) in [7, 11) is 0. The first-order valence-electron chi connectivity index (χ1n) is 7.49. The largest absolute Gasteiger partial charge is 0.494 e. The van der Waals surface area contributed by atoms with E-state index >= 15 is 0 Å². The highest BCUT2D eigenvalue weighted by Crippen LogP contribution is 2.41. The van der Waals surface area contributed by atoms with Crippen molar-refractivity contribution in [3.05, 3.63) is 29.3 Å². The zero-order valence-electron chi connectivity index (χ0n) is 12.1. The topological polar surface area (TPSA) is 75.7 Å². The van der Waals surface area contributed by atoms with Crippen molar-refractivity contribution in [3.63, 3.8) is 0 Å². The first-order valence-corrected chi connectivity index (χ1v) is 7.49. The van der Waals surface area contributed by atoms with Gasteiger partial charge in [-0.25, -0.2) is 0 Å². The molecule has 0 spiro atoms. The molecule has 0 saturated carbocycles. The zero-order valence-corrected chi connectivity index (χ0v) is 12.1. The van der Waals surface area contributed by atoms with Crippen LogP contribution in [-0.2, 0) is 6.42 Å². The molecule has 1 aromatic rings. The van der Waals surface area contributed by atoms with Crippen molar-refractivity contribution in [1.29, 1.82) is 0 Å². The van der Waals surface area contributed by atoms with Gasteiger partial charge in [0, 0.05) is 17.5 Å². The van der Waals surface area contributed by atoms with E-state index in [1.165, 1.54) is 11.1 Å². The third kappa shape index (κ3) is 3.51. The summed E-state index contributed by atoms with van der Waals surface area (Å²) in [5.41, 5.74) is 8.85. The van der Waals surface area contributed by atoms with Crippen LogP contribution in [0, 0.1) is 0 Å². The molecule has 1 aliphatic rings. The highest BCUT2D eigenvalue weighted by atomic mass is 16.5. The number of hydrogen-bond acceptors (Lipinski definition) is 4. The summed E-state index contributed by atoms with van der Waals surface area (Å²) in [5, 5.41) is 17.8. The predicted molar refractivity (Wildman–Crippen MR) is 78.7 cm³/mol. The fourth-order valence-corrected chi connectivity index (χ4v) is 3.13. The van der Waals surface area contributed by atoms with Crippen molar-refractivity contribution < 1.29 is 14.9 Å². The van der Waals surface area contributed by atoms with Crippen LogP contribution in [0.3, 0.4) is 0 Å². The number of ether oxygens (including phenoxy) is 1. The number of aliphatic hydroxyl groups excluding tert-OH is 1. The standard InChI is InChI=1S/C16H25NO3/c1-2-20-14-8-5-6-11-10-13(17)12(16(11)14)7-3-4-9-15(18)19/h5-6,8,12-13,15,18-19H,2-4,7,9-10,17H2,1H3. The number of benzene rings is 1. The van der Waals surface area contributed by atoms with E-state index in [2.05, 4.69) is 6.07 Å². The number of aliphatic hydroxyl groups is 2. The van der Waals surface area contributed by atoms with E-state index < -0.39 is 6.29 Å². The molecule has 0 fully saturated rings. The first-order chi connectivity index (χ1) is 9.63. The minimum atomic E-state index is -1.20. The average Bonchev–Trinajstić information content (AvgIpc) is 2.72. The second-order valence-electron chi connectivity index (χ2n) is 5.50. The Bertz CT molecular complexity index is 434. The van der Waals surface area contributed by atoms with Crippen LogP contribution in [0.15, 0.2) is 18.2 Å². The third-order valence-electron chi connectivity index (χ3n) is 4.03. The maximum Gasteiger partial charge on any atom is 0.151 e.